The fraction of sp³-hybridized carbons (Fsp3) is 1.00. The van der Waals surface area contributed by atoms with Gasteiger partial charge in [0.05, 0.1) is 66.1 Å². The van der Waals surface area contributed by atoms with Crippen molar-refractivity contribution in [2.24, 2.45) is 0 Å². The first-order valence-corrected chi connectivity index (χ1v) is 9.90. The van der Waals surface area contributed by atoms with E-state index in [0.717, 1.165) is 0 Å². The Balaban J connectivity index is 1.40. The van der Waals surface area contributed by atoms with Crippen LogP contribution in [0.25, 0.3) is 0 Å². The maximum Gasteiger partial charge on any atom is 0.115 e. The number of aliphatic hydroxyl groups excluding tert-OH is 2. The van der Waals surface area contributed by atoms with Gasteiger partial charge in [-0.05, 0) is 0 Å². The summed E-state index contributed by atoms with van der Waals surface area (Å²) in [5.41, 5.74) is 0. The molecule has 4 aliphatic heterocycles. The van der Waals surface area contributed by atoms with E-state index in [9.17, 15) is 10.2 Å². The summed E-state index contributed by atoms with van der Waals surface area (Å²) < 4.78 is 44.5. The van der Waals surface area contributed by atoms with Crippen LogP contribution in [0, 0.1) is 0 Å². The second-order valence-corrected chi connectivity index (χ2v) is 7.58. The molecule has 162 valence electrons. The van der Waals surface area contributed by atoms with Crippen LogP contribution in [0.2, 0.25) is 0 Å². The first-order valence-electron chi connectivity index (χ1n) is 9.90. The van der Waals surface area contributed by atoms with E-state index in [1.165, 1.54) is 0 Å². The second kappa shape index (κ2) is 10.1. The number of hydrogen-bond acceptors (Lipinski definition) is 10. The van der Waals surface area contributed by atoms with Gasteiger partial charge in [-0.15, -0.1) is 0 Å². The third kappa shape index (κ3) is 7.13. The quantitative estimate of drug-likeness (QED) is 0.265. The van der Waals surface area contributed by atoms with Crippen LogP contribution in [0.3, 0.4) is 0 Å². The van der Waals surface area contributed by atoms with E-state index in [0.29, 0.717) is 52.9 Å². The summed E-state index contributed by atoms with van der Waals surface area (Å²) in [5.74, 6) is 0. The Labute approximate surface area is 163 Å². The van der Waals surface area contributed by atoms with Crippen molar-refractivity contribution in [3.05, 3.63) is 0 Å². The normalized spacial score (nSPS) is 34.5. The highest BCUT2D eigenvalue weighted by Crippen LogP contribution is 2.23. The first kappa shape index (κ1) is 20.9. The van der Waals surface area contributed by atoms with Crippen molar-refractivity contribution in [2.75, 3.05) is 66.1 Å². The van der Waals surface area contributed by atoms with Gasteiger partial charge in [0, 0.05) is 0 Å². The van der Waals surface area contributed by atoms with Gasteiger partial charge in [0.1, 0.15) is 48.8 Å². The Morgan fingerprint density at radius 2 is 1.18 bits per heavy atom. The molecule has 0 aromatic carbocycles. The molecule has 10 nitrogen and oxygen atoms in total. The highest BCUT2D eigenvalue weighted by molar-refractivity contribution is 4.88. The molecule has 0 aromatic rings. The summed E-state index contributed by atoms with van der Waals surface area (Å²) in [6, 6.07) is 0. The second-order valence-electron chi connectivity index (χ2n) is 7.58. The van der Waals surface area contributed by atoms with Gasteiger partial charge in [-0.25, -0.2) is 0 Å². The Bertz CT molecular complexity index is 463. The summed E-state index contributed by atoms with van der Waals surface area (Å²) in [4.78, 5) is 0. The average molecular weight is 406 g/mol. The van der Waals surface area contributed by atoms with E-state index in [2.05, 4.69) is 0 Å². The highest BCUT2D eigenvalue weighted by Gasteiger charge is 2.41. The van der Waals surface area contributed by atoms with Gasteiger partial charge in [-0.3, -0.25) is 0 Å². The van der Waals surface area contributed by atoms with Crippen molar-refractivity contribution < 1.29 is 48.1 Å². The number of ether oxygens (including phenoxy) is 8. The molecule has 4 rings (SSSR count). The third-order valence-electron chi connectivity index (χ3n) is 4.90. The molecule has 0 aromatic heterocycles. The van der Waals surface area contributed by atoms with E-state index < -0.39 is 31.0 Å². The minimum absolute atomic E-state index is 0.0170. The average Bonchev–Trinajstić information content (AvgIpc) is 3.56. The topological polar surface area (TPSA) is 128 Å². The molecule has 4 saturated heterocycles. The zero-order valence-electron chi connectivity index (χ0n) is 15.9. The Hall–Kier alpha value is -0.400. The Kier molecular flexibility index (Phi) is 7.50. The first-order chi connectivity index (χ1) is 13.7. The monoisotopic (exact) mass is 406 g/mol. The molecule has 0 aliphatic carbocycles. The Morgan fingerprint density at radius 3 is 1.68 bits per heavy atom. The fourth-order valence-electron chi connectivity index (χ4n) is 2.82. The summed E-state index contributed by atoms with van der Waals surface area (Å²) in [7, 11) is 0. The van der Waals surface area contributed by atoms with Gasteiger partial charge in [0.2, 0.25) is 0 Å². The lowest BCUT2D eigenvalue weighted by Gasteiger charge is -2.35. The van der Waals surface area contributed by atoms with Crippen LogP contribution < -0.4 is 0 Å². The molecular formula is C18H30O10. The Morgan fingerprint density at radius 1 is 0.714 bits per heavy atom. The van der Waals surface area contributed by atoms with Gasteiger partial charge in [0.15, 0.2) is 0 Å². The smallest absolute Gasteiger partial charge is 0.115 e. The minimum Gasteiger partial charge on any atom is -0.394 e. The number of epoxide rings is 4. The SMILES string of the molecule is OC[C@@H](O)[C@@H](OCC1CO1)[C@H](OCC1CO1)[C@H](COCC1CO1)OCC1CO1. The lowest BCUT2D eigenvalue weighted by molar-refractivity contribution is -0.187. The van der Waals surface area contributed by atoms with Crippen molar-refractivity contribution in [3.63, 3.8) is 0 Å². The van der Waals surface area contributed by atoms with Crippen LogP contribution in [0.4, 0.5) is 0 Å². The molecule has 8 atom stereocenters. The number of aliphatic hydroxyl groups is 2. The molecule has 0 radical (unpaired) electrons. The maximum absolute atomic E-state index is 10.4. The van der Waals surface area contributed by atoms with Gasteiger partial charge in [0.25, 0.3) is 0 Å². The molecule has 28 heavy (non-hydrogen) atoms. The molecule has 0 saturated carbocycles. The zero-order chi connectivity index (χ0) is 19.3. The molecule has 4 unspecified atom stereocenters. The molecule has 0 spiro atoms. The summed E-state index contributed by atoms with van der Waals surface area (Å²) >= 11 is 0. The lowest BCUT2D eigenvalue weighted by Crippen LogP contribution is -2.52. The van der Waals surface area contributed by atoms with Crippen molar-refractivity contribution in [1.29, 1.82) is 0 Å². The zero-order valence-corrected chi connectivity index (χ0v) is 15.9. The van der Waals surface area contributed by atoms with Crippen molar-refractivity contribution in [2.45, 2.75) is 48.8 Å². The van der Waals surface area contributed by atoms with E-state index >= 15 is 0 Å². The van der Waals surface area contributed by atoms with Crippen molar-refractivity contribution in [1.82, 2.24) is 0 Å². The van der Waals surface area contributed by atoms with Crippen LogP contribution in [-0.2, 0) is 37.9 Å². The molecule has 4 heterocycles. The summed E-state index contributed by atoms with van der Waals surface area (Å²) in [6.45, 7) is 4.00. The molecule has 0 amide bonds. The largest absolute Gasteiger partial charge is 0.394 e. The summed E-state index contributed by atoms with van der Waals surface area (Å²) in [5, 5.41) is 19.9. The van der Waals surface area contributed by atoms with Gasteiger partial charge >= 0.3 is 0 Å². The van der Waals surface area contributed by atoms with Gasteiger partial charge in [-0.1, -0.05) is 0 Å². The van der Waals surface area contributed by atoms with Gasteiger partial charge < -0.3 is 48.1 Å². The van der Waals surface area contributed by atoms with Crippen LogP contribution in [0.1, 0.15) is 0 Å². The van der Waals surface area contributed by atoms with Crippen LogP contribution in [0.5, 0.6) is 0 Å². The van der Waals surface area contributed by atoms with Gasteiger partial charge in [-0.2, -0.15) is 0 Å². The van der Waals surface area contributed by atoms with Crippen LogP contribution >= 0.6 is 0 Å². The van der Waals surface area contributed by atoms with Crippen LogP contribution in [0.15, 0.2) is 0 Å². The molecule has 2 N–H and O–H groups in total. The van der Waals surface area contributed by atoms with Crippen LogP contribution in [-0.4, -0.2) is 125 Å². The standard InChI is InChI=1S/C18H30O10/c19-1-15(20)17(27-8-13-5-24-13)18(28-9-14-6-25-14)16(26-7-12-4-23-12)10-21-2-11-3-22-11/h11-20H,1-10H2/t11?,12?,13?,14?,15-,16+,17-,18-/m1/s1. The van der Waals surface area contributed by atoms with Crippen molar-refractivity contribution >= 4 is 0 Å². The maximum atomic E-state index is 10.4. The third-order valence-corrected chi connectivity index (χ3v) is 4.90. The molecule has 0 bridgehead atoms. The highest BCUT2D eigenvalue weighted by atomic mass is 16.6. The van der Waals surface area contributed by atoms with E-state index in [1.54, 1.807) is 0 Å². The molecule has 4 fully saturated rings. The number of hydrogen-bond donors (Lipinski definition) is 2. The summed E-state index contributed by atoms with van der Waals surface area (Å²) in [6.07, 6.45) is -2.81. The van der Waals surface area contributed by atoms with E-state index in [-0.39, 0.29) is 31.0 Å². The molecule has 4 aliphatic rings. The minimum atomic E-state index is -1.13. The van der Waals surface area contributed by atoms with Crippen molar-refractivity contribution in [3.8, 4) is 0 Å². The molecular weight excluding hydrogens is 376 g/mol. The fourth-order valence-corrected chi connectivity index (χ4v) is 2.82. The molecule has 10 heteroatoms. The predicted octanol–water partition coefficient (Wildman–Crippen LogP) is -1.89. The van der Waals surface area contributed by atoms with E-state index in [4.69, 9.17) is 37.9 Å². The lowest BCUT2D eigenvalue weighted by atomic mass is 10.0. The van der Waals surface area contributed by atoms with E-state index in [1.807, 2.05) is 0 Å². The number of rotatable bonds is 17. The predicted molar refractivity (Wildman–Crippen MR) is 92.1 cm³/mol.